The fourth-order valence-corrected chi connectivity index (χ4v) is 2.71. The molecular formula is C15H28N2O4. The summed E-state index contributed by atoms with van der Waals surface area (Å²) in [5, 5.41) is 12.2. The fraction of sp³-hybridized carbons (Fsp3) is 0.867. The molecule has 0 bridgehead atoms. The van der Waals surface area contributed by atoms with Crippen LogP contribution in [0.15, 0.2) is 0 Å². The second kappa shape index (κ2) is 7.75. The van der Waals surface area contributed by atoms with E-state index in [9.17, 15) is 14.7 Å². The second-order valence-corrected chi connectivity index (χ2v) is 6.32. The lowest BCUT2D eigenvalue weighted by Crippen LogP contribution is -2.52. The molecule has 0 radical (unpaired) electrons. The Morgan fingerprint density at radius 2 is 2.14 bits per heavy atom. The van der Waals surface area contributed by atoms with Crippen LogP contribution in [-0.4, -0.2) is 61.3 Å². The maximum absolute atomic E-state index is 12.1. The van der Waals surface area contributed by atoms with Gasteiger partial charge >= 0.3 is 5.97 Å². The van der Waals surface area contributed by atoms with Gasteiger partial charge in [0.05, 0.1) is 18.1 Å². The number of carboxylic acids is 1. The summed E-state index contributed by atoms with van der Waals surface area (Å²) in [5.74, 6) is -0.731. The summed E-state index contributed by atoms with van der Waals surface area (Å²) in [6, 6.07) is -0.241. The quantitative estimate of drug-likeness (QED) is 0.685. The molecule has 1 amide bonds. The first-order valence-electron chi connectivity index (χ1n) is 7.54. The summed E-state index contributed by atoms with van der Waals surface area (Å²) in [7, 11) is 1.60. The largest absolute Gasteiger partial charge is 0.481 e. The van der Waals surface area contributed by atoms with E-state index in [1.54, 1.807) is 21.0 Å². The summed E-state index contributed by atoms with van der Waals surface area (Å²) in [4.78, 5) is 25.6. The SMILES string of the molecule is COCCNC(=O)C(C)N1CCCC(C(C)(C)C(=O)O)C1. The zero-order chi connectivity index (χ0) is 16.0. The third-order valence-corrected chi connectivity index (χ3v) is 4.56. The van der Waals surface area contributed by atoms with E-state index in [-0.39, 0.29) is 17.9 Å². The third kappa shape index (κ3) is 4.68. The number of hydrogen-bond donors (Lipinski definition) is 2. The Morgan fingerprint density at radius 3 is 2.71 bits per heavy atom. The molecule has 0 aromatic carbocycles. The van der Waals surface area contributed by atoms with Gasteiger partial charge in [-0.2, -0.15) is 0 Å². The standard InChI is InChI=1S/C15H28N2O4/c1-11(13(18)16-7-9-21-4)17-8-5-6-12(10-17)15(2,3)14(19)20/h11-12H,5-10H2,1-4H3,(H,16,18)(H,19,20). The molecule has 6 nitrogen and oxygen atoms in total. The molecule has 122 valence electrons. The van der Waals surface area contributed by atoms with Crippen molar-refractivity contribution in [1.82, 2.24) is 10.2 Å². The zero-order valence-electron chi connectivity index (χ0n) is 13.5. The van der Waals surface area contributed by atoms with Crippen molar-refractivity contribution in [2.75, 3.05) is 33.4 Å². The van der Waals surface area contributed by atoms with Gasteiger partial charge in [0, 0.05) is 20.2 Å². The number of likely N-dealkylation sites (tertiary alicyclic amines) is 1. The summed E-state index contributed by atoms with van der Waals surface area (Å²) in [6.45, 7) is 7.89. The average Bonchev–Trinajstić information content (AvgIpc) is 2.46. The number of nitrogens with one attached hydrogen (secondary N) is 1. The Bertz CT molecular complexity index is 371. The molecule has 1 rings (SSSR count). The molecule has 1 saturated heterocycles. The number of carboxylic acid groups (broad SMARTS) is 1. The van der Waals surface area contributed by atoms with Crippen LogP contribution in [0, 0.1) is 11.3 Å². The minimum Gasteiger partial charge on any atom is -0.481 e. The maximum Gasteiger partial charge on any atom is 0.309 e. The first-order chi connectivity index (χ1) is 9.80. The number of methoxy groups -OCH3 is 1. The highest BCUT2D eigenvalue weighted by molar-refractivity contribution is 5.81. The molecule has 2 unspecified atom stereocenters. The number of amides is 1. The van der Waals surface area contributed by atoms with Crippen LogP contribution in [0.5, 0.6) is 0 Å². The van der Waals surface area contributed by atoms with Gasteiger partial charge < -0.3 is 15.2 Å². The Labute approximate surface area is 126 Å². The van der Waals surface area contributed by atoms with E-state index in [0.29, 0.717) is 19.7 Å². The van der Waals surface area contributed by atoms with Gasteiger partial charge in [0.1, 0.15) is 0 Å². The highest BCUT2D eigenvalue weighted by Gasteiger charge is 2.40. The van der Waals surface area contributed by atoms with Gasteiger partial charge in [0.25, 0.3) is 0 Å². The smallest absolute Gasteiger partial charge is 0.309 e. The number of hydrogen-bond acceptors (Lipinski definition) is 4. The predicted molar refractivity (Wildman–Crippen MR) is 80.1 cm³/mol. The molecule has 1 aliphatic heterocycles. The molecule has 1 aliphatic rings. The van der Waals surface area contributed by atoms with E-state index in [2.05, 4.69) is 10.2 Å². The topological polar surface area (TPSA) is 78.9 Å². The van der Waals surface area contributed by atoms with Crippen molar-refractivity contribution >= 4 is 11.9 Å². The van der Waals surface area contributed by atoms with Crippen molar-refractivity contribution in [1.29, 1.82) is 0 Å². The molecule has 2 N–H and O–H groups in total. The number of carbonyl (C=O) groups is 2. The van der Waals surface area contributed by atoms with E-state index in [1.807, 2.05) is 6.92 Å². The molecule has 0 aromatic rings. The minimum absolute atomic E-state index is 0.0270. The van der Waals surface area contributed by atoms with Crippen LogP contribution >= 0.6 is 0 Å². The van der Waals surface area contributed by atoms with Gasteiger partial charge in [-0.05, 0) is 46.1 Å². The lowest BCUT2D eigenvalue weighted by Gasteiger charge is -2.41. The summed E-state index contributed by atoms with van der Waals surface area (Å²) < 4.78 is 4.91. The molecule has 0 aromatic heterocycles. The Balaban J connectivity index is 2.59. The number of piperidine rings is 1. The van der Waals surface area contributed by atoms with E-state index in [4.69, 9.17) is 4.74 Å². The van der Waals surface area contributed by atoms with E-state index in [1.165, 1.54) is 0 Å². The third-order valence-electron chi connectivity index (χ3n) is 4.56. The molecule has 0 spiro atoms. The second-order valence-electron chi connectivity index (χ2n) is 6.32. The van der Waals surface area contributed by atoms with Gasteiger partial charge in [0.2, 0.25) is 5.91 Å². The molecule has 21 heavy (non-hydrogen) atoms. The van der Waals surface area contributed by atoms with Crippen LogP contribution in [0.4, 0.5) is 0 Å². The van der Waals surface area contributed by atoms with Gasteiger partial charge in [0.15, 0.2) is 0 Å². The highest BCUT2D eigenvalue weighted by atomic mass is 16.5. The lowest BCUT2D eigenvalue weighted by atomic mass is 9.74. The first kappa shape index (κ1) is 17.9. The van der Waals surface area contributed by atoms with Gasteiger partial charge in [-0.1, -0.05) is 0 Å². The average molecular weight is 300 g/mol. The van der Waals surface area contributed by atoms with Gasteiger partial charge in [-0.15, -0.1) is 0 Å². The molecule has 0 saturated carbocycles. The van der Waals surface area contributed by atoms with E-state index < -0.39 is 11.4 Å². The van der Waals surface area contributed by atoms with Crippen molar-refractivity contribution in [2.45, 2.75) is 39.7 Å². The number of rotatable bonds is 7. The van der Waals surface area contributed by atoms with E-state index >= 15 is 0 Å². The highest BCUT2D eigenvalue weighted by Crippen LogP contribution is 2.34. The van der Waals surface area contributed by atoms with Crippen LogP contribution in [0.3, 0.4) is 0 Å². The zero-order valence-corrected chi connectivity index (χ0v) is 13.5. The Morgan fingerprint density at radius 1 is 1.48 bits per heavy atom. The Kier molecular flexibility index (Phi) is 6.61. The van der Waals surface area contributed by atoms with Gasteiger partial charge in [-0.3, -0.25) is 14.5 Å². The molecule has 1 heterocycles. The number of aliphatic carboxylic acids is 1. The van der Waals surface area contributed by atoms with Crippen LogP contribution < -0.4 is 5.32 Å². The van der Waals surface area contributed by atoms with E-state index in [0.717, 1.165) is 19.4 Å². The lowest BCUT2D eigenvalue weighted by molar-refractivity contribution is -0.151. The molecule has 0 aliphatic carbocycles. The monoisotopic (exact) mass is 300 g/mol. The summed E-state index contributed by atoms with van der Waals surface area (Å²) >= 11 is 0. The van der Waals surface area contributed by atoms with Crippen LogP contribution in [0.2, 0.25) is 0 Å². The van der Waals surface area contributed by atoms with Crippen molar-refractivity contribution < 1.29 is 19.4 Å². The molecular weight excluding hydrogens is 272 g/mol. The van der Waals surface area contributed by atoms with Gasteiger partial charge in [-0.25, -0.2) is 0 Å². The number of carbonyl (C=O) groups excluding carboxylic acids is 1. The number of nitrogens with zero attached hydrogens (tertiary/aromatic N) is 1. The van der Waals surface area contributed by atoms with Crippen LogP contribution in [0.25, 0.3) is 0 Å². The predicted octanol–water partition coefficient (Wildman–Crippen LogP) is 0.960. The van der Waals surface area contributed by atoms with Crippen molar-refractivity contribution in [2.24, 2.45) is 11.3 Å². The normalized spacial score (nSPS) is 21.8. The van der Waals surface area contributed by atoms with Crippen LogP contribution in [0.1, 0.15) is 33.6 Å². The maximum atomic E-state index is 12.1. The molecule has 6 heteroatoms. The van der Waals surface area contributed by atoms with Crippen molar-refractivity contribution in [3.05, 3.63) is 0 Å². The molecule has 1 fully saturated rings. The van der Waals surface area contributed by atoms with Crippen LogP contribution in [-0.2, 0) is 14.3 Å². The number of ether oxygens (including phenoxy) is 1. The minimum atomic E-state index is -0.772. The summed E-state index contributed by atoms with van der Waals surface area (Å²) in [6.07, 6.45) is 1.82. The first-order valence-corrected chi connectivity index (χ1v) is 7.54. The fourth-order valence-electron chi connectivity index (χ4n) is 2.71. The molecule has 2 atom stereocenters. The summed E-state index contributed by atoms with van der Waals surface area (Å²) in [5.41, 5.74) is -0.759. The van der Waals surface area contributed by atoms with Crippen molar-refractivity contribution in [3.8, 4) is 0 Å². The Hall–Kier alpha value is -1.14. The van der Waals surface area contributed by atoms with Crippen molar-refractivity contribution in [3.63, 3.8) is 0 Å².